The third-order valence-corrected chi connectivity index (χ3v) is 9.43. The molecule has 0 bridgehead atoms. The van der Waals surface area contributed by atoms with E-state index in [1.807, 2.05) is 40.4 Å². The van der Waals surface area contributed by atoms with E-state index in [9.17, 15) is 14.0 Å². The minimum absolute atomic E-state index is 0.0225. The second-order valence-electron chi connectivity index (χ2n) is 12.4. The lowest BCUT2D eigenvalue weighted by atomic mass is 9.77. The highest BCUT2D eigenvalue weighted by molar-refractivity contribution is 5.97. The maximum atomic E-state index is 13.8. The molecule has 42 heavy (non-hydrogen) atoms. The smallest absolute Gasteiger partial charge is 0.251 e. The summed E-state index contributed by atoms with van der Waals surface area (Å²) in [5, 5.41) is 8.48. The summed E-state index contributed by atoms with van der Waals surface area (Å²) in [6, 6.07) is 13.9. The number of hydrazine groups is 2. The minimum Gasteiger partial charge on any atom is -0.341 e. The van der Waals surface area contributed by atoms with Gasteiger partial charge in [-0.2, -0.15) is 0 Å². The Morgan fingerprint density at radius 3 is 2.45 bits per heavy atom. The van der Waals surface area contributed by atoms with Gasteiger partial charge in [-0.05, 0) is 106 Å². The number of nitrogens with one attached hydrogen (secondary N) is 4. The van der Waals surface area contributed by atoms with Crippen LogP contribution >= 0.6 is 0 Å². The molecule has 0 radical (unpaired) electrons. The van der Waals surface area contributed by atoms with Crippen LogP contribution in [0.3, 0.4) is 0 Å². The van der Waals surface area contributed by atoms with Crippen molar-refractivity contribution >= 4 is 17.5 Å². The molecule has 1 spiro atoms. The summed E-state index contributed by atoms with van der Waals surface area (Å²) < 4.78 is 13.3. The molecule has 1 aliphatic carbocycles. The number of hydrogen-bond acceptors (Lipinski definition) is 7. The van der Waals surface area contributed by atoms with Gasteiger partial charge in [0.15, 0.2) is 0 Å². The van der Waals surface area contributed by atoms with Crippen molar-refractivity contribution in [2.24, 2.45) is 5.41 Å². The van der Waals surface area contributed by atoms with Gasteiger partial charge in [0, 0.05) is 49.6 Å². The number of hydrogen-bond donors (Lipinski definition) is 4. The Morgan fingerprint density at radius 2 is 1.79 bits per heavy atom. The Bertz CT molecular complexity index is 1280. The fraction of sp³-hybridized carbons (Fsp3) is 0.500. The molecule has 2 amide bonds. The number of likely N-dealkylation sites (tertiary alicyclic amines) is 2. The van der Waals surface area contributed by atoms with Gasteiger partial charge in [0.1, 0.15) is 11.9 Å². The van der Waals surface area contributed by atoms with Crippen LogP contribution in [0.1, 0.15) is 60.4 Å². The number of rotatable bonds is 10. The van der Waals surface area contributed by atoms with E-state index in [4.69, 9.17) is 0 Å². The molecular weight excluding hydrogens is 533 g/mol. The van der Waals surface area contributed by atoms with Crippen LogP contribution in [0.5, 0.6) is 0 Å². The van der Waals surface area contributed by atoms with Crippen LogP contribution in [0.4, 0.5) is 10.1 Å². The lowest BCUT2D eigenvalue weighted by Gasteiger charge is -2.40. The van der Waals surface area contributed by atoms with Crippen LogP contribution in [-0.4, -0.2) is 73.5 Å². The number of halogens is 1. The molecule has 0 unspecified atom stereocenters. The molecule has 2 aromatic carbocycles. The molecule has 10 heteroatoms. The fourth-order valence-corrected chi connectivity index (χ4v) is 6.76. The van der Waals surface area contributed by atoms with Gasteiger partial charge in [0.2, 0.25) is 5.91 Å². The third-order valence-electron chi connectivity index (χ3n) is 9.43. The van der Waals surface area contributed by atoms with Crippen molar-refractivity contribution in [3.05, 3.63) is 77.9 Å². The zero-order chi connectivity index (χ0) is 29.1. The Morgan fingerprint density at radius 1 is 1.05 bits per heavy atom. The highest BCUT2D eigenvalue weighted by atomic mass is 19.1. The first kappa shape index (κ1) is 28.6. The Labute approximate surface area is 247 Å². The second-order valence-corrected chi connectivity index (χ2v) is 12.4. The average molecular weight is 576 g/mol. The molecule has 2 aromatic rings. The third kappa shape index (κ3) is 6.61. The van der Waals surface area contributed by atoms with E-state index in [1.165, 1.54) is 18.6 Å². The van der Waals surface area contributed by atoms with Gasteiger partial charge in [0.05, 0.1) is 5.69 Å². The normalized spacial score (nSPS) is 23.7. The largest absolute Gasteiger partial charge is 0.341 e. The number of nitrogens with zero attached hydrogens (tertiary/aromatic N) is 3. The van der Waals surface area contributed by atoms with Crippen molar-refractivity contribution in [3.63, 3.8) is 0 Å². The van der Waals surface area contributed by atoms with Gasteiger partial charge >= 0.3 is 0 Å². The zero-order valence-electron chi connectivity index (χ0n) is 24.3. The Hall–Kier alpha value is -3.47. The summed E-state index contributed by atoms with van der Waals surface area (Å²) in [5.41, 5.74) is 8.78. The van der Waals surface area contributed by atoms with E-state index in [0.29, 0.717) is 29.4 Å². The standard InChI is InChI=1S/C32H42FN7O2/c1-38-17-12-32(22-38)13-18-39(19-14-32)31(42)28(3-2-15-34-29-21-27(29)23-4-8-25(33)9-5-23)36-30(41)24-6-10-26(11-7-24)40-20-16-35-37-40/h4-11,16,20,27-29,34-35,37H,2-3,12-15,17-19,21-22H2,1H3,(H,36,41)/t27-,28-,29+/m0/s1. The molecule has 224 valence electrons. The van der Waals surface area contributed by atoms with Crippen molar-refractivity contribution < 1.29 is 14.0 Å². The van der Waals surface area contributed by atoms with Crippen molar-refractivity contribution in [2.75, 3.05) is 44.8 Å². The molecule has 4 aliphatic rings. The molecule has 1 saturated carbocycles. The summed E-state index contributed by atoms with van der Waals surface area (Å²) in [6.07, 6.45) is 9.25. The van der Waals surface area contributed by atoms with Crippen LogP contribution in [0.15, 0.2) is 60.9 Å². The van der Waals surface area contributed by atoms with E-state index in [2.05, 4.69) is 33.5 Å². The van der Waals surface area contributed by atoms with Crippen molar-refractivity contribution in [1.82, 2.24) is 31.4 Å². The molecule has 2 saturated heterocycles. The van der Waals surface area contributed by atoms with Crippen molar-refractivity contribution in [2.45, 2.75) is 56.5 Å². The van der Waals surface area contributed by atoms with Gasteiger partial charge in [-0.3, -0.25) is 14.6 Å². The molecule has 4 N–H and O–H groups in total. The molecule has 3 atom stereocenters. The van der Waals surface area contributed by atoms with Gasteiger partial charge in [-0.25, -0.2) is 4.39 Å². The lowest BCUT2D eigenvalue weighted by Crippen LogP contribution is -2.52. The number of amides is 2. The van der Waals surface area contributed by atoms with Crippen molar-refractivity contribution in [3.8, 4) is 0 Å². The van der Waals surface area contributed by atoms with Gasteiger partial charge in [-0.1, -0.05) is 12.1 Å². The molecule has 3 aliphatic heterocycles. The number of carbonyl (C=O) groups is 2. The molecule has 6 rings (SSSR count). The predicted molar refractivity (Wildman–Crippen MR) is 161 cm³/mol. The number of carbonyl (C=O) groups excluding carboxylic acids is 2. The highest BCUT2D eigenvalue weighted by Gasteiger charge is 2.41. The van der Waals surface area contributed by atoms with Crippen LogP contribution in [0.2, 0.25) is 0 Å². The average Bonchev–Trinajstić information content (AvgIpc) is 3.38. The molecular formula is C32H42FN7O2. The number of anilines is 1. The summed E-state index contributed by atoms with van der Waals surface area (Å²) in [7, 11) is 2.18. The zero-order valence-corrected chi connectivity index (χ0v) is 24.3. The molecule has 0 aromatic heterocycles. The topological polar surface area (TPSA) is 92.0 Å². The van der Waals surface area contributed by atoms with E-state index in [-0.39, 0.29) is 17.6 Å². The predicted octanol–water partition coefficient (Wildman–Crippen LogP) is 3.09. The second kappa shape index (κ2) is 12.4. The number of piperidine rings is 1. The monoisotopic (exact) mass is 575 g/mol. The first-order chi connectivity index (χ1) is 20.4. The molecule has 3 fully saturated rings. The maximum Gasteiger partial charge on any atom is 0.251 e. The summed E-state index contributed by atoms with van der Waals surface area (Å²) in [4.78, 5) is 31.5. The fourth-order valence-electron chi connectivity index (χ4n) is 6.76. The van der Waals surface area contributed by atoms with Crippen LogP contribution in [0, 0.1) is 11.2 Å². The molecule has 9 nitrogen and oxygen atoms in total. The maximum absolute atomic E-state index is 13.8. The summed E-state index contributed by atoms with van der Waals surface area (Å²) >= 11 is 0. The van der Waals surface area contributed by atoms with Crippen LogP contribution in [-0.2, 0) is 4.79 Å². The van der Waals surface area contributed by atoms with Crippen LogP contribution in [0.25, 0.3) is 0 Å². The van der Waals surface area contributed by atoms with E-state index < -0.39 is 6.04 Å². The van der Waals surface area contributed by atoms with E-state index >= 15 is 0 Å². The quantitative estimate of drug-likeness (QED) is 0.324. The lowest BCUT2D eigenvalue weighted by molar-refractivity contribution is -0.135. The van der Waals surface area contributed by atoms with E-state index in [1.54, 1.807) is 18.3 Å². The van der Waals surface area contributed by atoms with Gasteiger partial charge in [-0.15, -0.1) is 5.53 Å². The Balaban J connectivity index is 1.05. The van der Waals surface area contributed by atoms with Crippen molar-refractivity contribution in [1.29, 1.82) is 0 Å². The van der Waals surface area contributed by atoms with Gasteiger partial charge in [0.25, 0.3) is 5.91 Å². The van der Waals surface area contributed by atoms with Gasteiger partial charge < -0.3 is 25.9 Å². The summed E-state index contributed by atoms with van der Waals surface area (Å²) in [6.45, 7) is 4.49. The van der Waals surface area contributed by atoms with Crippen LogP contribution < -0.4 is 26.6 Å². The molecule has 3 heterocycles. The minimum atomic E-state index is -0.571. The summed E-state index contributed by atoms with van der Waals surface area (Å²) in [5.74, 6) is -0.0206. The SMILES string of the molecule is CN1CCC2(CCN(C(=O)[C@H](CCCN[C@@H]3C[C@H]3c3ccc(F)cc3)NC(=O)c3ccc(N4C=CNN4)cc3)CC2)C1. The van der Waals surface area contributed by atoms with E-state index in [0.717, 1.165) is 69.7 Å². The first-order valence-corrected chi connectivity index (χ1v) is 15.2. The Kier molecular flexibility index (Phi) is 8.46. The number of benzene rings is 2. The highest BCUT2D eigenvalue weighted by Crippen LogP contribution is 2.41. The first-order valence-electron chi connectivity index (χ1n) is 15.2.